The predicted octanol–water partition coefficient (Wildman–Crippen LogP) is 1.13. The van der Waals surface area contributed by atoms with Crippen molar-refractivity contribution in [2.24, 2.45) is 5.92 Å². The van der Waals surface area contributed by atoms with Crippen molar-refractivity contribution in [2.45, 2.75) is 24.3 Å². The van der Waals surface area contributed by atoms with Gasteiger partial charge < -0.3 is 19.9 Å². The highest BCUT2D eigenvalue weighted by molar-refractivity contribution is 7.82. The van der Waals surface area contributed by atoms with Crippen molar-refractivity contribution < 1.29 is 8.95 Å². The Hall–Kier alpha value is -2.07. The second-order valence-corrected chi connectivity index (χ2v) is 9.28. The van der Waals surface area contributed by atoms with Crippen LogP contribution in [0, 0.1) is 5.92 Å². The third-order valence-electron chi connectivity index (χ3n) is 5.58. The van der Waals surface area contributed by atoms with Gasteiger partial charge in [0.2, 0.25) is 5.56 Å². The SMILES string of the molecule is O=c1ccc(CNC[C@H]2CCCN(S(=O)c3ccc(N4CCOCC4)nc3)C2)c[nH]1. The molecule has 4 heterocycles. The number of aromatic amines is 1. The highest BCUT2D eigenvalue weighted by Crippen LogP contribution is 2.22. The smallest absolute Gasteiger partial charge is 0.247 e. The fourth-order valence-corrected chi connectivity index (χ4v) is 5.19. The molecule has 8 nitrogen and oxygen atoms in total. The van der Waals surface area contributed by atoms with E-state index >= 15 is 0 Å². The molecule has 0 spiro atoms. The Morgan fingerprint density at radius 3 is 2.80 bits per heavy atom. The Labute approximate surface area is 179 Å². The summed E-state index contributed by atoms with van der Waals surface area (Å²) in [6.45, 7) is 6.35. The van der Waals surface area contributed by atoms with Gasteiger partial charge in [0.1, 0.15) is 16.8 Å². The molecule has 2 saturated heterocycles. The first-order chi connectivity index (χ1) is 14.7. The second-order valence-electron chi connectivity index (χ2n) is 7.79. The number of hydrogen-bond acceptors (Lipinski definition) is 6. The van der Waals surface area contributed by atoms with Crippen molar-refractivity contribution in [3.05, 3.63) is 52.6 Å². The summed E-state index contributed by atoms with van der Waals surface area (Å²) in [5.74, 6) is 1.37. The first-order valence-corrected chi connectivity index (χ1v) is 11.6. The maximum Gasteiger partial charge on any atom is 0.247 e. The number of piperidine rings is 1. The molecule has 9 heteroatoms. The normalized spacial score (nSPS) is 21.5. The zero-order valence-corrected chi connectivity index (χ0v) is 17.9. The van der Waals surface area contributed by atoms with Crippen molar-refractivity contribution in [1.29, 1.82) is 0 Å². The molecule has 0 amide bonds. The van der Waals surface area contributed by atoms with Crippen LogP contribution in [0.15, 0.2) is 46.3 Å². The summed E-state index contributed by atoms with van der Waals surface area (Å²) >= 11 is 0. The minimum Gasteiger partial charge on any atom is -0.378 e. The molecule has 2 atom stereocenters. The first-order valence-electron chi connectivity index (χ1n) is 10.5. The van der Waals surface area contributed by atoms with E-state index in [1.165, 1.54) is 0 Å². The van der Waals surface area contributed by atoms with Gasteiger partial charge >= 0.3 is 0 Å². The van der Waals surface area contributed by atoms with Crippen molar-refractivity contribution in [3.63, 3.8) is 0 Å². The molecule has 0 aromatic carbocycles. The average molecular weight is 432 g/mol. The summed E-state index contributed by atoms with van der Waals surface area (Å²) in [7, 11) is -1.19. The summed E-state index contributed by atoms with van der Waals surface area (Å²) < 4.78 is 20.5. The van der Waals surface area contributed by atoms with Gasteiger partial charge in [-0.3, -0.25) is 4.79 Å². The van der Waals surface area contributed by atoms with Crippen molar-refractivity contribution >= 4 is 16.8 Å². The molecule has 2 fully saturated rings. The van der Waals surface area contributed by atoms with Crippen LogP contribution in [0.2, 0.25) is 0 Å². The van der Waals surface area contributed by atoms with Crippen LogP contribution < -0.4 is 15.8 Å². The Bertz CT molecular complexity index is 878. The topological polar surface area (TPSA) is 90.6 Å². The Morgan fingerprint density at radius 2 is 2.07 bits per heavy atom. The van der Waals surface area contributed by atoms with Gasteiger partial charge in [-0.1, -0.05) is 6.07 Å². The number of pyridine rings is 2. The van der Waals surface area contributed by atoms with Crippen LogP contribution in [0.5, 0.6) is 0 Å². The Morgan fingerprint density at radius 1 is 1.20 bits per heavy atom. The van der Waals surface area contributed by atoms with Gasteiger partial charge in [0, 0.05) is 51.2 Å². The molecule has 162 valence electrons. The molecule has 4 rings (SSSR count). The fraction of sp³-hybridized carbons (Fsp3) is 0.524. The molecule has 2 aliphatic rings. The van der Waals surface area contributed by atoms with Crippen LogP contribution in [0.25, 0.3) is 0 Å². The predicted molar refractivity (Wildman–Crippen MR) is 117 cm³/mol. The van der Waals surface area contributed by atoms with E-state index in [0.29, 0.717) is 12.5 Å². The molecule has 2 aliphatic heterocycles. The second kappa shape index (κ2) is 10.3. The quantitative estimate of drug-likeness (QED) is 0.683. The molecule has 0 aliphatic carbocycles. The summed E-state index contributed by atoms with van der Waals surface area (Å²) in [5.41, 5.74) is 0.967. The van der Waals surface area contributed by atoms with Crippen LogP contribution in [0.1, 0.15) is 18.4 Å². The molecule has 0 saturated carbocycles. The molecule has 0 radical (unpaired) electrons. The monoisotopic (exact) mass is 431 g/mol. The third kappa shape index (κ3) is 5.54. The molecule has 2 N–H and O–H groups in total. The van der Waals surface area contributed by atoms with E-state index in [1.54, 1.807) is 18.5 Å². The summed E-state index contributed by atoms with van der Waals surface area (Å²) in [6, 6.07) is 7.28. The van der Waals surface area contributed by atoms with E-state index in [0.717, 1.165) is 75.1 Å². The zero-order chi connectivity index (χ0) is 20.8. The van der Waals surface area contributed by atoms with Crippen LogP contribution in [-0.2, 0) is 22.3 Å². The zero-order valence-electron chi connectivity index (χ0n) is 17.1. The highest BCUT2D eigenvalue weighted by atomic mass is 32.2. The molecule has 1 unspecified atom stereocenters. The van der Waals surface area contributed by atoms with Crippen LogP contribution in [-0.4, -0.2) is 64.4 Å². The summed E-state index contributed by atoms with van der Waals surface area (Å²) in [5, 5.41) is 3.46. The van der Waals surface area contributed by atoms with Gasteiger partial charge in [0.05, 0.1) is 18.1 Å². The number of aromatic nitrogens is 2. The summed E-state index contributed by atoms with van der Waals surface area (Å²) in [6.07, 6.45) is 5.65. The fourth-order valence-electron chi connectivity index (χ4n) is 3.92. The lowest BCUT2D eigenvalue weighted by Crippen LogP contribution is -2.40. The number of morpholine rings is 1. The number of rotatable bonds is 7. The number of ether oxygens (including phenoxy) is 1. The highest BCUT2D eigenvalue weighted by Gasteiger charge is 2.25. The van der Waals surface area contributed by atoms with Crippen molar-refractivity contribution in [2.75, 3.05) is 50.8 Å². The number of H-pyrrole nitrogens is 1. The van der Waals surface area contributed by atoms with E-state index < -0.39 is 11.0 Å². The van der Waals surface area contributed by atoms with Crippen LogP contribution >= 0.6 is 0 Å². The first kappa shape index (κ1) is 21.2. The molecule has 0 bridgehead atoms. The Balaban J connectivity index is 1.28. The molecule has 2 aromatic heterocycles. The largest absolute Gasteiger partial charge is 0.378 e. The van der Waals surface area contributed by atoms with Gasteiger partial charge in [-0.25, -0.2) is 13.5 Å². The van der Waals surface area contributed by atoms with Gasteiger partial charge in [-0.05, 0) is 43.0 Å². The van der Waals surface area contributed by atoms with Crippen LogP contribution in [0.3, 0.4) is 0 Å². The molecule has 2 aromatic rings. The van der Waals surface area contributed by atoms with Gasteiger partial charge in [0.25, 0.3) is 0 Å². The molecular weight excluding hydrogens is 402 g/mol. The van der Waals surface area contributed by atoms with E-state index in [2.05, 4.69) is 24.5 Å². The standard InChI is InChI=1S/C21H29N5O3S/c27-21-6-3-17(14-24-21)12-22-13-18-2-1-7-26(16-18)30(28)19-4-5-20(23-15-19)25-8-10-29-11-9-25/h3-6,14-15,18,22H,1-2,7-13,16H2,(H,24,27)/t18-,30?/m1/s1. The minimum absolute atomic E-state index is 0.0865. The van der Waals surface area contributed by atoms with E-state index in [-0.39, 0.29) is 5.56 Å². The average Bonchev–Trinajstić information content (AvgIpc) is 2.81. The van der Waals surface area contributed by atoms with E-state index in [9.17, 15) is 9.00 Å². The lowest BCUT2D eigenvalue weighted by molar-refractivity contribution is 0.122. The lowest BCUT2D eigenvalue weighted by Gasteiger charge is -2.32. The van der Waals surface area contributed by atoms with Gasteiger partial charge in [-0.15, -0.1) is 0 Å². The van der Waals surface area contributed by atoms with E-state index in [1.807, 2.05) is 18.2 Å². The van der Waals surface area contributed by atoms with Gasteiger partial charge in [-0.2, -0.15) is 0 Å². The number of hydrogen-bond donors (Lipinski definition) is 2. The number of nitrogens with one attached hydrogen (secondary N) is 2. The van der Waals surface area contributed by atoms with Gasteiger partial charge in [0.15, 0.2) is 0 Å². The van der Waals surface area contributed by atoms with Crippen LogP contribution in [0.4, 0.5) is 5.82 Å². The molecule has 30 heavy (non-hydrogen) atoms. The third-order valence-corrected chi connectivity index (χ3v) is 7.03. The molecular formula is C21H29N5O3S. The maximum atomic E-state index is 13.1. The maximum absolute atomic E-state index is 13.1. The van der Waals surface area contributed by atoms with Crippen molar-refractivity contribution in [1.82, 2.24) is 19.6 Å². The van der Waals surface area contributed by atoms with Crippen molar-refractivity contribution in [3.8, 4) is 0 Å². The number of nitrogens with zero attached hydrogens (tertiary/aromatic N) is 3. The summed E-state index contributed by atoms with van der Waals surface area (Å²) in [4.78, 5) is 21.3. The Kier molecular flexibility index (Phi) is 7.27. The lowest BCUT2D eigenvalue weighted by atomic mass is 10.00. The number of anilines is 1. The minimum atomic E-state index is -1.19. The van der Waals surface area contributed by atoms with E-state index in [4.69, 9.17) is 4.74 Å².